The van der Waals surface area contributed by atoms with E-state index in [1.165, 1.54) is 30.6 Å². The van der Waals surface area contributed by atoms with Crippen molar-refractivity contribution in [3.8, 4) is 0 Å². The number of methoxy groups -OCH3 is 1. The minimum Gasteiger partial charge on any atom is -0.383 e. The van der Waals surface area contributed by atoms with Gasteiger partial charge in [-0.2, -0.15) is 0 Å². The molecular formula is C16H28N2OS. The number of nitrogens with one attached hydrogen (secondary N) is 1. The average Bonchev–Trinajstić information content (AvgIpc) is 3.14. The van der Waals surface area contributed by atoms with Crippen LogP contribution >= 0.6 is 11.3 Å². The topological polar surface area (TPSA) is 24.5 Å². The van der Waals surface area contributed by atoms with Gasteiger partial charge < -0.3 is 15.0 Å². The Morgan fingerprint density at radius 3 is 2.85 bits per heavy atom. The normalized spacial score (nSPS) is 17.9. The Kier molecular flexibility index (Phi) is 7.00. The van der Waals surface area contributed by atoms with Gasteiger partial charge in [-0.15, -0.1) is 11.3 Å². The molecular weight excluding hydrogens is 268 g/mol. The van der Waals surface area contributed by atoms with E-state index in [-0.39, 0.29) is 0 Å². The molecule has 1 saturated carbocycles. The first-order valence-corrected chi connectivity index (χ1v) is 8.63. The van der Waals surface area contributed by atoms with Crippen molar-refractivity contribution < 1.29 is 4.74 Å². The Bertz CT molecular complexity index is 349. The Morgan fingerprint density at radius 2 is 2.20 bits per heavy atom. The predicted octanol–water partition coefficient (Wildman–Crippen LogP) is 3.15. The zero-order chi connectivity index (χ0) is 14.2. The third kappa shape index (κ3) is 4.85. The fraction of sp³-hybridized carbons (Fsp3) is 0.750. The molecule has 2 rings (SSSR count). The Hall–Kier alpha value is -0.420. The second kappa shape index (κ2) is 8.78. The lowest BCUT2D eigenvalue weighted by molar-refractivity contribution is 0.160. The second-order valence-corrected chi connectivity index (χ2v) is 6.77. The average molecular weight is 296 g/mol. The summed E-state index contributed by atoms with van der Waals surface area (Å²) >= 11 is 1.89. The maximum absolute atomic E-state index is 5.12. The molecule has 0 aromatic carbocycles. The van der Waals surface area contributed by atoms with Crippen LogP contribution in [0.5, 0.6) is 0 Å². The van der Waals surface area contributed by atoms with Crippen molar-refractivity contribution >= 4 is 11.3 Å². The van der Waals surface area contributed by atoms with Crippen LogP contribution in [0, 0.1) is 5.92 Å². The van der Waals surface area contributed by atoms with Gasteiger partial charge in [0.15, 0.2) is 0 Å². The van der Waals surface area contributed by atoms with E-state index < -0.39 is 0 Å². The van der Waals surface area contributed by atoms with Crippen molar-refractivity contribution in [1.29, 1.82) is 0 Å². The molecule has 0 saturated heterocycles. The van der Waals surface area contributed by atoms with Crippen LogP contribution in [0.2, 0.25) is 0 Å². The van der Waals surface area contributed by atoms with Gasteiger partial charge in [0.1, 0.15) is 0 Å². The largest absolute Gasteiger partial charge is 0.383 e. The van der Waals surface area contributed by atoms with E-state index in [1.807, 2.05) is 11.3 Å². The third-order valence-corrected chi connectivity index (χ3v) is 5.21. The van der Waals surface area contributed by atoms with Crippen LogP contribution in [0.3, 0.4) is 0 Å². The van der Waals surface area contributed by atoms with Gasteiger partial charge in [0.05, 0.1) is 6.61 Å². The van der Waals surface area contributed by atoms with Crippen molar-refractivity contribution in [2.45, 2.75) is 31.7 Å². The highest BCUT2D eigenvalue weighted by Crippen LogP contribution is 2.37. The molecule has 0 bridgehead atoms. The van der Waals surface area contributed by atoms with E-state index in [4.69, 9.17) is 4.74 Å². The molecule has 4 heteroatoms. The minimum absolute atomic E-state index is 0.563. The van der Waals surface area contributed by atoms with Crippen LogP contribution in [-0.2, 0) is 4.74 Å². The molecule has 114 valence electrons. The van der Waals surface area contributed by atoms with Gasteiger partial charge in [-0.3, -0.25) is 0 Å². The minimum atomic E-state index is 0.563. The van der Waals surface area contributed by atoms with Crippen molar-refractivity contribution in [3.05, 3.63) is 22.4 Å². The predicted molar refractivity (Wildman–Crippen MR) is 86.4 cm³/mol. The van der Waals surface area contributed by atoms with Gasteiger partial charge in [0.25, 0.3) is 0 Å². The SMILES string of the molecule is COCCN(C)CCNC(c1cccs1)C1CCCC1. The standard InChI is InChI=1S/C16H28N2OS/c1-18(11-12-19-2)10-9-17-16(14-6-3-4-7-14)15-8-5-13-20-15/h5,8,13-14,16-17H,3-4,6-7,9-12H2,1-2H3. The van der Waals surface area contributed by atoms with E-state index in [0.29, 0.717) is 6.04 Å². The molecule has 3 nitrogen and oxygen atoms in total. The van der Waals surface area contributed by atoms with Crippen LogP contribution in [0.15, 0.2) is 17.5 Å². The second-order valence-electron chi connectivity index (χ2n) is 5.79. The highest BCUT2D eigenvalue weighted by Gasteiger charge is 2.26. The fourth-order valence-electron chi connectivity index (χ4n) is 3.03. The molecule has 20 heavy (non-hydrogen) atoms. The van der Waals surface area contributed by atoms with Crippen LogP contribution in [0.1, 0.15) is 36.6 Å². The van der Waals surface area contributed by atoms with Crippen LogP contribution in [-0.4, -0.2) is 45.3 Å². The van der Waals surface area contributed by atoms with Crippen molar-refractivity contribution in [2.75, 3.05) is 40.4 Å². The van der Waals surface area contributed by atoms with Gasteiger partial charge in [-0.1, -0.05) is 18.9 Å². The molecule has 1 aliphatic rings. The number of nitrogens with zero attached hydrogens (tertiary/aromatic N) is 1. The van der Waals surface area contributed by atoms with E-state index in [9.17, 15) is 0 Å². The Morgan fingerprint density at radius 1 is 1.40 bits per heavy atom. The number of likely N-dealkylation sites (N-methyl/N-ethyl adjacent to an activating group) is 1. The molecule has 1 unspecified atom stereocenters. The van der Waals surface area contributed by atoms with Crippen LogP contribution < -0.4 is 5.32 Å². The summed E-state index contributed by atoms with van der Waals surface area (Å²) in [7, 11) is 3.93. The third-order valence-electron chi connectivity index (χ3n) is 4.26. The monoisotopic (exact) mass is 296 g/mol. The van der Waals surface area contributed by atoms with E-state index >= 15 is 0 Å². The number of thiophene rings is 1. The van der Waals surface area contributed by atoms with Crippen molar-refractivity contribution in [1.82, 2.24) is 10.2 Å². The number of hydrogen-bond acceptors (Lipinski definition) is 4. The summed E-state index contributed by atoms with van der Waals surface area (Å²) in [5, 5.41) is 6.00. The Labute approximate surface area is 127 Å². The highest BCUT2D eigenvalue weighted by atomic mass is 32.1. The zero-order valence-corrected chi connectivity index (χ0v) is 13.6. The lowest BCUT2D eigenvalue weighted by Crippen LogP contribution is -2.35. The van der Waals surface area contributed by atoms with E-state index in [1.54, 1.807) is 7.11 Å². The van der Waals surface area contributed by atoms with Crippen LogP contribution in [0.4, 0.5) is 0 Å². The van der Waals surface area contributed by atoms with Crippen LogP contribution in [0.25, 0.3) is 0 Å². The Balaban J connectivity index is 1.79. The summed E-state index contributed by atoms with van der Waals surface area (Å²) < 4.78 is 5.12. The molecule has 0 amide bonds. The fourth-order valence-corrected chi connectivity index (χ4v) is 3.92. The molecule has 1 heterocycles. The van der Waals surface area contributed by atoms with E-state index in [2.05, 4.69) is 34.8 Å². The summed E-state index contributed by atoms with van der Waals surface area (Å²) in [6.45, 7) is 3.95. The summed E-state index contributed by atoms with van der Waals surface area (Å²) in [5.74, 6) is 0.831. The maximum atomic E-state index is 5.12. The molecule has 0 aliphatic heterocycles. The van der Waals surface area contributed by atoms with Gasteiger partial charge >= 0.3 is 0 Å². The quantitative estimate of drug-likeness (QED) is 0.757. The van der Waals surface area contributed by atoms with Crippen molar-refractivity contribution in [2.24, 2.45) is 5.92 Å². The molecule has 0 spiro atoms. The lowest BCUT2D eigenvalue weighted by atomic mass is 9.97. The number of ether oxygens (including phenoxy) is 1. The lowest BCUT2D eigenvalue weighted by Gasteiger charge is -2.25. The van der Waals surface area contributed by atoms with Gasteiger partial charge in [-0.25, -0.2) is 0 Å². The molecule has 1 aromatic heterocycles. The summed E-state index contributed by atoms with van der Waals surface area (Å²) in [4.78, 5) is 3.84. The maximum Gasteiger partial charge on any atom is 0.0589 e. The first kappa shape index (κ1) is 16.0. The van der Waals surface area contributed by atoms with E-state index in [0.717, 1.165) is 32.2 Å². The summed E-state index contributed by atoms with van der Waals surface area (Å²) in [6.07, 6.45) is 5.58. The highest BCUT2D eigenvalue weighted by molar-refractivity contribution is 7.10. The van der Waals surface area contributed by atoms with Crippen molar-refractivity contribution in [3.63, 3.8) is 0 Å². The van der Waals surface area contributed by atoms with Gasteiger partial charge in [-0.05, 0) is 37.3 Å². The molecule has 1 N–H and O–H groups in total. The summed E-state index contributed by atoms with van der Waals surface area (Å²) in [6, 6.07) is 5.03. The van der Waals surface area contributed by atoms with Gasteiger partial charge in [0, 0.05) is 37.7 Å². The van der Waals surface area contributed by atoms with Gasteiger partial charge in [0.2, 0.25) is 0 Å². The summed E-state index contributed by atoms with van der Waals surface area (Å²) in [5.41, 5.74) is 0. The smallest absolute Gasteiger partial charge is 0.0589 e. The molecule has 0 radical (unpaired) electrons. The zero-order valence-electron chi connectivity index (χ0n) is 12.8. The molecule has 1 atom stereocenters. The number of rotatable bonds is 9. The molecule has 1 fully saturated rings. The number of hydrogen-bond donors (Lipinski definition) is 1. The molecule has 1 aliphatic carbocycles. The first-order chi connectivity index (χ1) is 9.81. The molecule has 1 aromatic rings. The first-order valence-electron chi connectivity index (χ1n) is 7.75.